The van der Waals surface area contributed by atoms with Crippen molar-refractivity contribution in [2.24, 2.45) is 0 Å². The summed E-state index contributed by atoms with van der Waals surface area (Å²) in [5.74, 6) is -0.455. The van der Waals surface area contributed by atoms with Gasteiger partial charge in [0, 0.05) is 18.1 Å². The highest BCUT2D eigenvalue weighted by molar-refractivity contribution is 9.10. The molecule has 1 aromatic carbocycles. The van der Waals surface area contributed by atoms with Gasteiger partial charge in [-0.05, 0) is 24.6 Å². The van der Waals surface area contributed by atoms with Gasteiger partial charge in [-0.2, -0.15) is 0 Å². The molecule has 0 fully saturated rings. The number of aromatic hydroxyl groups is 1. The number of methoxy groups -OCH3 is 1. The molecular formula is C12H16BrNO4. The second kappa shape index (κ2) is 7.35. The summed E-state index contributed by atoms with van der Waals surface area (Å²) in [5, 5.41) is 21.6. The highest BCUT2D eigenvalue weighted by Crippen LogP contribution is 2.21. The van der Waals surface area contributed by atoms with E-state index in [1.807, 2.05) is 0 Å². The first kappa shape index (κ1) is 14.9. The molecule has 0 radical (unpaired) electrons. The Hall–Kier alpha value is -1.11. The van der Waals surface area contributed by atoms with Crippen molar-refractivity contribution in [3.8, 4) is 5.75 Å². The van der Waals surface area contributed by atoms with Crippen molar-refractivity contribution in [3.05, 3.63) is 28.2 Å². The Balaban J connectivity index is 2.45. The van der Waals surface area contributed by atoms with Crippen molar-refractivity contribution in [2.45, 2.75) is 12.5 Å². The first-order valence-corrected chi connectivity index (χ1v) is 6.27. The quantitative estimate of drug-likeness (QED) is 0.738. The number of benzene rings is 1. The molecule has 1 unspecified atom stereocenters. The molecule has 0 spiro atoms. The maximum atomic E-state index is 11.7. The van der Waals surface area contributed by atoms with Gasteiger partial charge in [0.1, 0.15) is 5.75 Å². The first-order valence-electron chi connectivity index (χ1n) is 5.48. The molecule has 18 heavy (non-hydrogen) atoms. The van der Waals surface area contributed by atoms with Crippen molar-refractivity contribution < 1.29 is 19.7 Å². The molecule has 100 valence electrons. The van der Waals surface area contributed by atoms with Crippen LogP contribution in [-0.4, -0.2) is 42.5 Å². The van der Waals surface area contributed by atoms with E-state index in [0.29, 0.717) is 17.4 Å². The Morgan fingerprint density at radius 2 is 2.28 bits per heavy atom. The van der Waals surface area contributed by atoms with E-state index in [-0.39, 0.29) is 23.8 Å². The van der Waals surface area contributed by atoms with Gasteiger partial charge in [-0.1, -0.05) is 15.9 Å². The zero-order valence-electron chi connectivity index (χ0n) is 10.0. The summed E-state index contributed by atoms with van der Waals surface area (Å²) in [4.78, 5) is 11.7. The van der Waals surface area contributed by atoms with Gasteiger partial charge >= 0.3 is 0 Å². The minimum atomic E-state index is -0.603. The van der Waals surface area contributed by atoms with Crippen LogP contribution in [0.15, 0.2) is 22.7 Å². The van der Waals surface area contributed by atoms with Crippen LogP contribution in [0.25, 0.3) is 0 Å². The zero-order chi connectivity index (χ0) is 13.5. The Bertz CT molecular complexity index is 411. The fourth-order valence-corrected chi connectivity index (χ4v) is 1.77. The molecular weight excluding hydrogens is 302 g/mol. The molecule has 1 atom stereocenters. The molecule has 0 aliphatic heterocycles. The van der Waals surface area contributed by atoms with Gasteiger partial charge in [0.05, 0.1) is 18.3 Å². The molecule has 0 bridgehead atoms. The van der Waals surface area contributed by atoms with Crippen molar-refractivity contribution in [3.63, 3.8) is 0 Å². The Labute approximate surface area is 114 Å². The molecule has 0 aliphatic rings. The van der Waals surface area contributed by atoms with E-state index in [9.17, 15) is 15.0 Å². The van der Waals surface area contributed by atoms with Crippen molar-refractivity contribution in [1.29, 1.82) is 0 Å². The third-order valence-corrected chi connectivity index (χ3v) is 2.82. The molecule has 6 heteroatoms. The summed E-state index contributed by atoms with van der Waals surface area (Å²) in [6.07, 6.45) is -0.203. The standard InChI is InChI=1S/C12H16BrNO4/c1-18-7-9(15)4-5-14-12(17)10-3-2-8(13)6-11(10)16/h2-3,6,9,15-16H,4-5,7H2,1H3,(H,14,17). The highest BCUT2D eigenvalue weighted by Gasteiger charge is 2.11. The molecule has 0 aromatic heterocycles. The van der Waals surface area contributed by atoms with E-state index < -0.39 is 6.10 Å². The smallest absolute Gasteiger partial charge is 0.255 e. The van der Waals surface area contributed by atoms with Gasteiger partial charge in [0.15, 0.2) is 0 Å². The van der Waals surface area contributed by atoms with Crippen molar-refractivity contribution in [2.75, 3.05) is 20.3 Å². The lowest BCUT2D eigenvalue weighted by Crippen LogP contribution is -2.28. The number of halogens is 1. The van der Waals surface area contributed by atoms with Crippen LogP contribution in [0, 0.1) is 0 Å². The minimum Gasteiger partial charge on any atom is -0.507 e. The van der Waals surface area contributed by atoms with Crippen LogP contribution < -0.4 is 5.32 Å². The maximum Gasteiger partial charge on any atom is 0.255 e. The van der Waals surface area contributed by atoms with Crippen molar-refractivity contribution in [1.82, 2.24) is 5.32 Å². The van der Waals surface area contributed by atoms with Crippen LogP contribution in [0.3, 0.4) is 0 Å². The maximum absolute atomic E-state index is 11.7. The van der Waals surface area contributed by atoms with Crippen molar-refractivity contribution >= 4 is 21.8 Å². The largest absolute Gasteiger partial charge is 0.507 e. The lowest BCUT2D eigenvalue weighted by atomic mass is 10.2. The van der Waals surface area contributed by atoms with E-state index in [2.05, 4.69) is 21.2 Å². The number of aliphatic hydroxyl groups excluding tert-OH is 1. The number of aliphatic hydroxyl groups is 1. The number of carbonyl (C=O) groups excluding carboxylic acids is 1. The van der Waals surface area contributed by atoms with E-state index >= 15 is 0 Å². The highest BCUT2D eigenvalue weighted by atomic mass is 79.9. The molecule has 3 N–H and O–H groups in total. The average Bonchev–Trinajstić information content (AvgIpc) is 2.29. The Morgan fingerprint density at radius 3 is 2.89 bits per heavy atom. The topological polar surface area (TPSA) is 78.8 Å². The molecule has 1 amide bonds. The lowest BCUT2D eigenvalue weighted by Gasteiger charge is -2.10. The number of amides is 1. The van der Waals surface area contributed by atoms with Gasteiger partial charge in [-0.15, -0.1) is 0 Å². The number of rotatable bonds is 6. The lowest BCUT2D eigenvalue weighted by molar-refractivity contribution is 0.0587. The molecule has 1 rings (SSSR count). The summed E-state index contributed by atoms with van der Waals surface area (Å²) in [6.45, 7) is 0.554. The van der Waals surface area contributed by atoms with Gasteiger partial charge in [0.2, 0.25) is 0 Å². The van der Waals surface area contributed by atoms with E-state index in [1.165, 1.54) is 19.2 Å². The fourth-order valence-electron chi connectivity index (χ4n) is 1.42. The normalized spacial score (nSPS) is 12.2. The molecule has 1 aromatic rings. The summed E-state index contributed by atoms with van der Waals surface area (Å²) in [6, 6.07) is 4.66. The Morgan fingerprint density at radius 1 is 1.56 bits per heavy atom. The van der Waals surface area contributed by atoms with Gasteiger partial charge < -0.3 is 20.3 Å². The van der Waals surface area contributed by atoms with E-state index in [0.717, 1.165) is 0 Å². The third kappa shape index (κ3) is 4.64. The van der Waals surface area contributed by atoms with Crippen LogP contribution in [0.2, 0.25) is 0 Å². The number of phenolic OH excluding ortho intramolecular Hbond substituents is 1. The molecule has 0 saturated heterocycles. The minimum absolute atomic E-state index is 0.0840. The predicted octanol–water partition coefficient (Wildman–Crippen LogP) is 1.28. The number of nitrogens with one attached hydrogen (secondary N) is 1. The number of ether oxygens (including phenoxy) is 1. The summed E-state index contributed by atoms with van der Waals surface area (Å²) in [7, 11) is 1.50. The number of hydrogen-bond donors (Lipinski definition) is 3. The Kier molecular flexibility index (Phi) is 6.11. The second-order valence-corrected chi connectivity index (χ2v) is 4.73. The monoisotopic (exact) mass is 317 g/mol. The first-order chi connectivity index (χ1) is 8.54. The van der Waals surface area contributed by atoms with E-state index in [4.69, 9.17) is 4.74 Å². The van der Waals surface area contributed by atoms with Crippen LogP contribution >= 0.6 is 15.9 Å². The van der Waals surface area contributed by atoms with Crippen LogP contribution in [0.1, 0.15) is 16.8 Å². The molecule has 0 heterocycles. The molecule has 0 saturated carbocycles. The van der Waals surface area contributed by atoms with E-state index in [1.54, 1.807) is 6.07 Å². The molecule has 5 nitrogen and oxygen atoms in total. The van der Waals surface area contributed by atoms with Gasteiger partial charge in [-0.3, -0.25) is 4.79 Å². The SMILES string of the molecule is COCC(O)CCNC(=O)c1ccc(Br)cc1O. The number of hydrogen-bond acceptors (Lipinski definition) is 4. The number of phenols is 1. The summed E-state index contributed by atoms with van der Waals surface area (Å²) in [5.41, 5.74) is 0.208. The second-order valence-electron chi connectivity index (χ2n) is 3.82. The third-order valence-electron chi connectivity index (χ3n) is 2.33. The van der Waals surface area contributed by atoms with Gasteiger partial charge in [-0.25, -0.2) is 0 Å². The summed E-state index contributed by atoms with van der Waals surface area (Å²) >= 11 is 3.20. The average molecular weight is 318 g/mol. The van der Waals surface area contributed by atoms with Crippen LogP contribution in [0.5, 0.6) is 5.75 Å². The zero-order valence-corrected chi connectivity index (χ0v) is 11.6. The summed E-state index contributed by atoms with van der Waals surface area (Å²) < 4.78 is 5.47. The predicted molar refractivity (Wildman–Crippen MR) is 70.6 cm³/mol. The van der Waals surface area contributed by atoms with Crippen LogP contribution in [0.4, 0.5) is 0 Å². The van der Waals surface area contributed by atoms with Gasteiger partial charge in [0.25, 0.3) is 5.91 Å². The number of carbonyl (C=O) groups is 1. The molecule has 0 aliphatic carbocycles. The van der Waals surface area contributed by atoms with Crippen LogP contribution in [-0.2, 0) is 4.74 Å². The fraction of sp³-hybridized carbons (Fsp3) is 0.417.